The third-order valence-electron chi connectivity index (χ3n) is 4.97. The number of rotatable bonds is 7. The molecule has 1 unspecified atom stereocenters. The number of hydrogen-bond acceptors (Lipinski definition) is 3. The van der Waals surface area contributed by atoms with E-state index in [0.717, 1.165) is 25.9 Å². The minimum absolute atomic E-state index is 0.107. The Morgan fingerprint density at radius 1 is 1.24 bits per heavy atom. The van der Waals surface area contributed by atoms with Gasteiger partial charge in [-0.2, -0.15) is 13.2 Å². The molecule has 1 atom stereocenters. The Hall–Kier alpha value is -0.330. The molecule has 1 aliphatic carbocycles. The van der Waals surface area contributed by atoms with Crippen LogP contribution >= 0.6 is 0 Å². The fourth-order valence-corrected chi connectivity index (χ4v) is 3.30. The molecule has 1 saturated carbocycles. The Morgan fingerprint density at radius 3 is 2.43 bits per heavy atom. The van der Waals surface area contributed by atoms with Crippen molar-refractivity contribution in [2.45, 2.75) is 57.3 Å². The van der Waals surface area contributed by atoms with Crippen LogP contribution in [0.1, 0.15) is 39.5 Å². The normalized spacial score (nSPS) is 27.0. The minimum atomic E-state index is -4.23. The summed E-state index contributed by atoms with van der Waals surface area (Å²) in [6.07, 6.45) is 0.354. The fourth-order valence-electron chi connectivity index (χ4n) is 3.30. The Kier molecular flexibility index (Phi) is 5.54. The highest BCUT2D eigenvalue weighted by Gasteiger charge is 2.42. The van der Waals surface area contributed by atoms with Gasteiger partial charge < -0.3 is 10.1 Å². The number of hydrogen-bond donors (Lipinski definition) is 1. The van der Waals surface area contributed by atoms with Crippen molar-refractivity contribution in [1.29, 1.82) is 0 Å². The second kappa shape index (κ2) is 6.84. The summed E-state index contributed by atoms with van der Waals surface area (Å²) in [7, 11) is 0. The maximum Gasteiger partial charge on any atom is 0.411 e. The first-order valence-electron chi connectivity index (χ1n) is 8.03. The molecule has 0 aromatic rings. The lowest BCUT2D eigenvalue weighted by Gasteiger charge is -2.48. The van der Waals surface area contributed by atoms with Crippen LogP contribution in [0.4, 0.5) is 13.2 Å². The molecule has 0 aromatic heterocycles. The topological polar surface area (TPSA) is 24.5 Å². The molecule has 0 bridgehead atoms. The molecule has 1 heterocycles. The van der Waals surface area contributed by atoms with Crippen molar-refractivity contribution in [2.75, 3.05) is 32.8 Å². The van der Waals surface area contributed by atoms with E-state index in [2.05, 4.69) is 24.1 Å². The van der Waals surface area contributed by atoms with E-state index in [-0.39, 0.29) is 12.1 Å². The van der Waals surface area contributed by atoms with E-state index in [1.807, 2.05) is 0 Å². The summed E-state index contributed by atoms with van der Waals surface area (Å²) in [6.45, 7) is 5.83. The van der Waals surface area contributed by atoms with Gasteiger partial charge >= 0.3 is 6.18 Å². The Bertz CT molecular complexity index is 327. The van der Waals surface area contributed by atoms with Crippen molar-refractivity contribution < 1.29 is 17.9 Å². The number of alkyl halides is 3. The summed E-state index contributed by atoms with van der Waals surface area (Å²) < 4.78 is 41.2. The molecule has 0 spiro atoms. The Balaban J connectivity index is 1.85. The summed E-state index contributed by atoms with van der Waals surface area (Å²) in [5.41, 5.74) is 0.107. The predicted octanol–water partition coefficient (Wildman–Crippen LogP) is 2.81. The third kappa shape index (κ3) is 4.83. The van der Waals surface area contributed by atoms with Crippen molar-refractivity contribution in [3.63, 3.8) is 0 Å². The van der Waals surface area contributed by atoms with Crippen molar-refractivity contribution in [2.24, 2.45) is 5.92 Å². The molecule has 1 N–H and O–H groups in total. The average Bonchev–Trinajstić information content (AvgIpc) is 3.27. The second-order valence-electron chi connectivity index (χ2n) is 6.41. The van der Waals surface area contributed by atoms with Crippen LogP contribution < -0.4 is 5.32 Å². The second-order valence-corrected chi connectivity index (χ2v) is 6.41. The highest BCUT2D eigenvalue weighted by Crippen LogP contribution is 2.38. The third-order valence-corrected chi connectivity index (χ3v) is 4.97. The molecular weight excluding hydrogens is 281 g/mol. The van der Waals surface area contributed by atoms with Crippen LogP contribution in [0.5, 0.6) is 0 Å². The van der Waals surface area contributed by atoms with Gasteiger partial charge in [-0.1, -0.05) is 13.8 Å². The Labute approximate surface area is 125 Å². The lowest BCUT2D eigenvalue weighted by Crippen LogP contribution is -2.64. The number of nitrogens with one attached hydrogen (secondary N) is 1. The van der Waals surface area contributed by atoms with Crippen LogP contribution in [0, 0.1) is 5.92 Å². The minimum Gasteiger partial charge on any atom is -0.371 e. The summed E-state index contributed by atoms with van der Waals surface area (Å²) in [5.74, 6) is 0.715. The van der Waals surface area contributed by atoms with Gasteiger partial charge in [-0.15, -0.1) is 0 Å². The van der Waals surface area contributed by atoms with Gasteiger partial charge in [0.2, 0.25) is 0 Å². The van der Waals surface area contributed by atoms with Gasteiger partial charge in [0.15, 0.2) is 0 Å². The molecule has 6 heteroatoms. The van der Waals surface area contributed by atoms with E-state index in [9.17, 15) is 13.2 Å². The molecule has 0 radical (unpaired) electrons. The van der Waals surface area contributed by atoms with Crippen molar-refractivity contribution >= 4 is 0 Å². The van der Waals surface area contributed by atoms with Gasteiger partial charge in [-0.25, -0.2) is 0 Å². The summed E-state index contributed by atoms with van der Waals surface area (Å²) in [4.78, 5) is 2.36. The smallest absolute Gasteiger partial charge is 0.371 e. The molecule has 2 aliphatic rings. The lowest BCUT2D eigenvalue weighted by atomic mass is 9.87. The van der Waals surface area contributed by atoms with Gasteiger partial charge in [-0.05, 0) is 31.6 Å². The van der Waals surface area contributed by atoms with Gasteiger partial charge in [-0.3, -0.25) is 4.90 Å². The van der Waals surface area contributed by atoms with E-state index in [1.165, 1.54) is 12.8 Å². The van der Waals surface area contributed by atoms with Crippen LogP contribution in [0.25, 0.3) is 0 Å². The number of piperazine rings is 1. The molecule has 1 saturated heterocycles. The van der Waals surface area contributed by atoms with Crippen LogP contribution in [-0.4, -0.2) is 55.5 Å². The largest absolute Gasteiger partial charge is 0.411 e. The van der Waals surface area contributed by atoms with Crippen molar-refractivity contribution in [1.82, 2.24) is 10.2 Å². The highest BCUT2D eigenvalue weighted by molar-refractivity contribution is 5.01. The van der Waals surface area contributed by atoms with E-state index >= 15 is 0 Å². The number of nitrogens with zero attached hydrogens (tertiary/aromatic N) is 1. The number of ether oxygens (including phenoxy) is 1. The summed E-state index contributed by atoms with van der Waals surface area (Å²) in [5, 5.41) is 3.69. The average molecular weight is 308 g/mol. The van der Waals surface area contributed by atoms with Gasteiger partial charge in [0.1, 0.15) is 6.61 Å². The van der Waals surface area contributed by atoms with E-state index in [0.29, 0.717) is 18.5 Å². The maximum atomic E-state index is 12.1. The van der Waals surface area contributed by atoms with Crippen molar-refractivity contribution in [3.05, 3.63) is 0 Å². The van der Waals surface area contributed by atoms with Gasteiger partial charge in [0, 0.05) is 31.2 Å². The standard InChI is InChI=1S/C15H27F3N2O/c1-3-14(4-2)10-20(7-8-21-11-15(16,17)18)13(9-19-14)12-5-6-12/h12-13,19H,3-11H2,1-2H3. The molecule has 0 amide bonds. The highest BCUT2D eigenvalue weighted by atomic mass is 19.4. The van der Waals surface area contributed by atoms with Crippen LogP contribution in [0.2, 0.25) is 0 Å². The molecule has 1 aliphatic heterocycles. The molecule has 3 nitrogen and oxygen atoms in total. The fraction of sp³-hybridized carbons (Fsp3) is 1.00. The van der Waals surface area contributed by atoms with Crippen LogP contribution in [-0.2, 0) is 4.74 Å². The van der Waals surface area contributed by atoms with E-state index in [1.54, 1.807) is 0 Å². The first kappa shape index (κ1) is 17.0. The maximum absolute atomic E-state index is 12.1. The molecule has 21 heavy (non-hydrogen) atoms. The zero-order valence-corrected chi connectivity index (χ0v) is 13.0. The predicted molar refractivity (Wildman–Crippen MR) is 76.3 cm³/mol. The number of halogens is 3. The summed E-state index contributed by atoms with van der Waals surface area (Å²) >= 11 is 0. The van der Waals surface area contributed by atoms with Gasteiger partial charge in [0.25, 0.3) is 0 Å². The van der Waals surface area contributed by atoms with Crippen LogP contribution in [0.15, 0.2) is 0 Å². The first-order chi connectivity index (χ1) is 9.89. The molecular formula is C15H27F3N2O. The van der Waals surface area contributed by atoms with E-state index in [4.69, 9.17) is 4.74 Å². The lowest BCUT2D eigenvalue weighted by molar-refractivity contribution is -0.175. The Morgan fingerprint density at radius 2 is 1.90 bits per heavy atom. The SMILES string of the molecule is CCC1(CC)CN(CCOCC(F)(F)F)C(C2CC2)CN1. The molecule has 0 aromatic carbocycles. The zero-order chi connectivity index (χ0) is 15.5. The van der Waals surface area contributed by atoms with E-state index < -0.39 is 12.8 Å². The molecule has 2 fully saturated rings. The van der Waals surface area contributed by atoms with Crippen molar-refractivity contribution in [3.8, 4) is 0 Å². The molecule has 2 rings (SSSR count). The molecule has 124 valence electrons. The quantitative estimate of drug-likeness (QED) is 0.732. The first-order valence-corrected chi connectivity index (χ1v) is 8.03. The zero-order valence-electron chi connectivity index (χ0n) is 13.0. The van der Waals surface area contributed by atoms with Gasteiger partial charge in [0.05, 0.1) is 6.61 Å². The summed E-state index contributed by atoms with van der Waals surface area (Å²) in [6, 6.07) is 0.464. The monoisotopic (exact) mass is 308 g/mol. The van der Waals surface area contributed by atoms with Crippen LogP contribution in [0.3, 0.4) is 0 Å².